The molecule has 0 N–H and O–H groups in total. The molecule has 12 heteroatoms. The van der Waals surface area contributed by atoms with Gasteiger partial charge in [-0.1, -0.05) is 33.1 Å². The largest absolute Gasteiger partial charge is 0.267 e. The van der Waals surface area contributed by atoms with E-state index in [1.165, 1.54) is 4.31 Å². The predicted octanol–water partition coefficient (Wildman–Crippen LogP) is 2.24. The summed E-state index contributed by atoms with van der Waals surface area (Å²) < 4.78 is 83.2. The van der Waals surface area contributed by atoms with Gasteiger partial charge in [0.05, 0.1) is 31.0 Å². The quantitative estimate of drug-likeness (QED) is 0.268. The number of unbranched alkanes of at least 4 members (excludes halogenated alkanes) is 2. The Hall–Kier alpha value is -0.270. The molecule has 0 aromatic carbocycles. The van der Waals surface area contributed by atoms with Crippen LogP contribution < -0.4 is 0 Å². The molecule has 1 saturated heterocycles. The highest BCUT2D eigenvalue weighted by Crippen LogP contribution is 2.34. The van der Waals surface area contributed by atoms with Crippen LogP contribution in [-0.4, -0.2) is 72.6 Å². The first-order chi connectivity index (χ1) is 13.7. The van der Waals surface area contributed by atoms with Crippen LogP contribution >= 0.6 is 0 Å². The lowest BCUT2D eigenvalue weighted by molar-refractivity contribution is 0.139. The van der Waals surface area contributed by atoms with Gasteiger partial charge in [0.1, 0.15) is 0 Å². The molecule has 0 aromatic heterocycles. The third-order valence-corrected chi connectivity index (χ3v) is 7.82. The number of rotatable bonds is 14. The highest BCUT2D eigenvalue weighted by Gasteiger charge is 2.41. The lowest BCUT2D eigenvalue weighted by atomic mass is 10.0. The fraction of sp³-hybridized carbons (Fsp3) is 1.00. The van der Waals surface area contributed by atoms with Crippen molar-refractivity contribution in [3.63, 3.8) is 0 Å². The molecule has 2 unspecified atom stereocenters. The molecule has 0 spiro atoms. The first kappa shape index (κ1) is 27.8. The molecule has 1 aliphatic rings. The Morgan fingerprint density at radius 2 is 1.27 bits per heavy atom. The second kappa shape index (κ2) is 11.6. The molecule has 1 fully saturated rings. The van der Waals surface area contributed by atoms with E-state index in [0.717, 1.165) is 38.0 Å². The maximum Gasteiger partial charge on any atom is 0.264 e. The first-order valence-electron chi connectivity index (χ1n) is 10.4. The van der Waals surface area contributed by atoms with Gasteiger partial charge < -0.3 is 0 Å². The van der Waals surface area contributed by atoms with Gasteiger partial charge in [-0.3, -0.25) is 8.37 Å². The average Bonchev–Trinajstić information content (AvgIpc) is 2.94. The predicted molar refractivity (Wildman–Crippen MR) is 117 cm³/mol. The molecule has 180 valence electrons. The molecule has 0 aliphatic carbocycles. The van der Waals surface area contributed by atoms with Crippen LogP contribution in [0, 0.1) is 0 Å². The van der Waals surface area contributed by atoms with Crippen molar-refractivity contribution in [3.8, 4) is 0 Å². The van der Waals surface area contributed by atoms with Crippen molar-refractivity contribution in [1.29, 1.82) is 0 Å². The van der Waals surface area contributed by atoms with Crippen LogP contribution in [0.15, 0.2) is 0 Å². The van der Waals surface area contributed by atoms with E-state index >= 15 is 0 Å². The van der Waals surface area contributed by atoms with Crippen molar-refractivity contribution in [2.75, 3.05) is 18.8 Å². The van der Waals surface area contributed by atoms with E-state index in [2.05, 4.69) is 0 Å². The van der Waals surface area contributed by atoms with Crippen molar-refractivity contribution >= 4 is 30.3 Å². The van der Waals surface area contributed by atoms with Gasteiger partial charge in [0.25, 0.3) is 20.2 Å². The van der Waals surface area contributed by atoms with Crippen LogP contribution in [0.25, 0.3) is 0 Å². The summed E-state index contributed by atoms with van der Waals surface area (Å²) in [6.07, 6.45) is 7.25. The fourth-order valence-corrected chi connectivity index (χ4v) is 6.97. The van der Waals surface area contributed by atoms with E-state index in [1.54, 1.807) is 6.92 Å². The smallest absolute Gasteiger partial charge is 0.264 e. The molecule has 0 amide bonds. The Kier molecular flexibility index (Phi) is 10.7. The van der Waals surface area contributed by atoms with Crippen molar-refractivity contribution in [3.05, 3.63) is 0 Å². The highest BCUT2D eigenvalue weighted by molar-refractivity contribution is 7.88. The van der Waals surface area contributed by atoms with Crippen LogP contribution in [0.5, 0.6) is 0 Å². The number of hydrogen-bond donors (Lipinski definition) is 0. The number of nitrogens with zero attached hydrogens (tertiary/aromatic N) is 1. The molecule has 1 heterocycles. The molecule has 0 aromatic rings. The summed E-state index contributed by atoms with van der Waals surface area (Å²) in [4.78, 5) is 0. The molecular formula is C18H37NO8S3. The maximum atomic E-state index is 12.5. The Labute approximate surface area is 182 Å². The van der Waals surface area contributed by atoms with Gasteiger partial charge in [0, 0.05) is 12.1 Å². The van der Waals surface area contributed by atoms with Gasteiger partial charge in [0.15, 0.2) is 0 Å². The second-order valence-corrected chi connectivity index (χ2v) is 13.3. The van der Waals surface area contributed by atoms with Crippen LogP contribution in [0.2, 0.25) is 0 Å². The van der Waals surface area contributed by atoms with Crippen molar-refractivity contribution in [2.24, 2.45) is 0 Å². The summed E-state index contributed by atoms with van der Waals surface area (Å²) in [5.41, 5.74) is 0. The summed E-state index contributed by atoms with van der Waals surface area (Å²) in [5.74, 6) is 0. The van der Waals surface area contributed by atoms with E-state index in [0.29, 0.717) is 25.7 Å². The normalized spacial score (nSPS) is 23.5. The summed E-state index contributed by atoms with van der Waals surface area (Å²) in [6, 6.07) is -0.791. The molecule has 0 radical (unpaired) electrons. The third-order valence-electron chi connectivity index (χ3n) is 5.21. The molecule has 0 saturated carbocycles. The molecule has 30 heavy (non-hydrogen) atoms. The van der Waals surface area contributed by atoms with E-state index in [4.69, 9.17) is 8.37 Å². The Bertz CT molecular complexity index is 839. The monoisotopic (exact) mass is 491 g/mol. The zero-order valence-corrected chi connectivity index (χ0v) is 21.1. The Balaban J connectivity index is 2.99. The minimum atomic E-state index is -3.67. The minimum Gasteiger partial charge on any atom is -0.267 e. The molecule has 1 aliphatic heterocycles. The van der Waals surface area contributed by atoms with Crippen LogP contribution in [0.1, 0.15) is 71.6 Å². The van der Waals surface area contributed by atoms with Gasteiger partial charge in [-0.25, -0.2) is 8.42 Å². The van der Waals surface area contributed by atoms with Crippen molar-refractivity contribution in [2.45, 2.75) is 95.9 Å². The summed E-state index contributed by atoms with van der Waals surface area (Å²) in [6.45, 7) is 3.83. The van der Waals surface area contributed by atoms with Crippen molar-refractivity contribution in [1.82, 2.24) is 4.31 Å². The third kappa shape index (κ3) is 10.4. The average molecular weight is 492 g/mol. The lowest BCUT2D eigenvalue weighted by Gasteiger charge is -2.31. The van der Waals surface area contributed by atoms with Crippen molar-refractivity contribution < 1.29 is 33.6 Å². The van der Waals surface area contributed by atoms with Gasteiger partial charge in [-0.15, -0.1) is 0 Å². The molecule has 9 nitrogen and oxygen atoms in total. The maximum absolute atomic E-state index is 12.5. The Morgan fingerprint density at radius 3 is 1.67 bits per heavy atom. The Morgan fingerprint density at radius 1 is 0.800 bits per heavy atom. The zero-order valence-electron chi connectivity index (χ0n) is 18.6. The summed E-state index contributed by atoms with van der Waals surface area (Å²) in [7, 11) is -10.9. The zero-order chi connectivity index (χ0) is 23.2. The topological polar surface area (TPSA) is 124 Å². The van der Waals surface area contributed by atoms with Gasteiger partial charge in [-0.05, 0) is 38.5 Å². The van der Waals surface area contributed by atoms with E-state index in [1.807, 2.05) is 6.92 Å². The molecular weight excluding hydrogens is 454 g/mol. The molecule has 0 bridgehead atoms. The van der Waals surface area contributed by atoms with Crippen LogP contribution in [0.4, 0.5) is 0 Å². The highest BCUT2D eigenvalue weighted by atomic mass is 32.2. The SMILES string of the molecule is CCCCCC(C[C@@H]1CC[C@@H](CC(CC)OS(C)(=O)=O)N1S(C)(=O)=O)OS(C)(=O)=O. The summed E-state index contributed by atoms with van der Waals surface area (Å²) in [5, 5.41) is 0. The first-order valence-corrected chi connectivity index (χ1v) is 15.9. The second-order valence-electron chi connectivity index (χ2n) is 8.20. The molecule has 1 rings (SSSR count). The van der Waals surface area contributed by atoms with E-state index < -0.39 is 54.6 Å². The van der Waals surface area contributed by atoms with Gasteiger partial charge in [0.2, 0.25) is 10.0 Å². The van der Waals surface area contributed by atoms with Crippen LogP contribution in [0.3, 0.4) is 0 Å². The van der Waals surface area contributed by atoms with Crippen LogP contribution in [-0.2, 0) is 38.6 Å². The van der Waals surface area contributed by atoms with Gasteiger partial charge in [-0.2, -0.15) is 21.1 Å². The lowest BCUT2D eigenvalue weighted by Crippen LogP contribution is -2.43. The fourth-order valence-electron chi connectivity index (χ4n) is 4.13. The summed E-state index contributed by atoms with van der Waals surface area (Å²) >= 11 is 0. The van der Waals surface area contributed by atoms with Gasteiger partial charge >= 0.3 is 0 Å². The van der Waals surface area contributed by atoms with E-state index in [-0.39, 0.29) is 12.8 Å². The standard InChI is InChI=1S/C18H37NO8S3/c1-6-8-9-10-18(27-30(5,24)25)14-16-12-11-15(19(16)28(3,20)21)13-17(7-2)26-29(4,22)23/h15-18H,6-14H2,1-5H3/t15-,16-,17?,18?/m0/s1. The number of hydrogen-bond acceptors (Lipinski definition) is 8. The number of sulfonamides is 1. The molecule has 4 atom stereocenters. The minimum absolute atomic E-state index is 0.264. The van der Waals surface area contributed by atoms with E-state index in [9.17, 15) is 25.3 Å².